The maximum absolute atomic E-state index is 12.7. The molecule has 0 unspecified atom stereocenters. The molecule has 1 aliphatic heterocycles. The molecule has 0 saturated carbocycles. The smallest absolute Gasteiger partial charge is 0.243 e. The standard InChI is InChI=1S/C18H22N4O3S/c1-15-2-4-17(5-3-15)26(24,25)22-12-10-21(11-13-22)14-18(23)20-16-6-8-19-9-7-16/h2-9H,10-14H2,1H3,(H,19,20,23). The fourth-order valence-electron chi connectivity index (χ4n) is 2.83. The minimum absolute atomic E-state index is 0.119. The number of sulfonamides is 1. The molecule has 26 heavy (non-hydrogen) atoms. The van der Waals surface area contributed by atoms with Gasteiger partial charge in [-0.3, -0.25) is 14.7 Å². The second-order valence-electron chi connectivity index (χ2n) is 6.28. The van der Waals surface area contributed by atoms with Crippen molar-refractivity contribution in [1.82, 2.24) is 14.2 Å². The van der Waals surface area contributed by atoms with Crippen LogP contribution in [-0.2, 0) is 14.8 Å². The van der Waals surface area contributed by atoms with Crippen LogP contribution in [0.5, 0.6) is 0 Å². The van der Waals surface area contributed by atoms with Crippen LogP contribution >= 0.6 is 0 Å². The number of aryl methyl sites for hydroxylation is 1. The molecule has 0 spiro atoms. The number of carbonyl (C=O) groups is 1. The van der Waals surface area contributed by atoms with Gasteiger partial charge >= 0.3 is 0 Å². The van der Waals surface area contributed by atoms with Gasteiger partial charge in [0.2, 0.25) is 15.9 Å². The molecule has 0 radical (unpaired) electrons. The van der Waals surface area contributed by atoms with Gasteiger partial charge in [-0.05, 0) is 31.2 Å². The summed E-state index contributed by atoms with van der Waals surface area (Å²) in [6, 6.07) is 10.3. The molecule has 1 saturated heterocycles. The molecule has 2 aromatic rings. The van der Waals surface area contributed by atoms with Crippen LogP contribution in [0.15, 0.2) is 53.7 Å². The second-order valence-corrected chi connectivity index (χ2v) is 8.22. The van der Waals surface area contributed by atoms with E-state index in [4.69, 9.17) is 0 Å². The zero-order chi connectivity index (χ0) is 18.6. The van der Waals surface area contributed by atoms with Crippen molar-refractivity contribution in [3.8, 4) is 0 Å². The number of carbonyl (C=O) groups excluding carboxylic acids is 1. The molecule has 1 aliphatic rings. The Hall–Kier alpha value is -2.29. The number of piperazine rings is 1. The van der Waals surface area contributed by atoms with E-state index in [1.54, 1.807) is 48.8 Å². The average molecular weight is 374 g/mol. The first-order valence-electron chi connectivity index (χ1n) is 8.44. The van der Waals surface area contributed by atoms with E-state index in [9.17, 15) is 13.2 Å². The monoisotopic (exact) mass is 374 g/mol. The van der Waals surface area contributed by atoms with Crippen molar-refractivity contribution in [2.24, 2.45) is 0 Å². The molecule has 8 heteroatoms. The third-order valence-corrected chi connectivity index (χ3v) is 6.23. The number of benzene rings is 1. The molecule has 1 aromatic carbocycles. The number of anilines is 1. The number of hydrogen-bond acceptors (Lipinski definition) is 5. The molecule has 1 aromatic heterocycles. The quantitative estimate of drug-likeness (QED) is 0.854. The highest BCUT2D eigenvalue weighted by Gasteiger charge is 2.28. The molecule has 1 amide bonds. The van der Waals surface area contributed by atoms with E-state index >= 15 is 0 Å². The zero-order valence-corrected chi connectivity index (χ0v) is 15.4. The first kappa shape index (κ1) is 18.5. The predicted molar refractivity (Wildman–Crippen MR) is 99.2 cm³/mol. The lowest BCUT2D eigenvalue weighted by molar-refractivity contribution is -0.117. The Balaban J connectivity index is 1.54. The highest BCUT2D eigenvalue weighted by molar-refractivity contribution is 7.89. The highest BCUT2D eigenvalue weighted by Crippen LogP contribution is 2.18. The molecule has 1 N–H and O–H groups in total. The summed E-state index contributed by atoms with van der Waals surface area (Å²) in [5.74, 6) is -0.119. The molecule has 3 rings (SSSR count). The highest BCUT2D eigenvalue weighted by atomic mass is 32.2. The van der Waals surface area contributed by atoms with Crippen LogP contribution in [0.1, 0.15) is 5.56 Å². The molecular weight excluding hydrogens is 352 g/mol. The van der Waals surface area contributed by atoms with Crippen molar-refractivity contribution in [3.63, 3.8) is 0 Å². The molecular formula is C18H22N4O3S. The molecule has 0 atom stereocenters. The summed E-state index contributed by atoms with van der Waals surface area (Å²) in [7, 11) is -3.48. The van der Waals surface area contributed by atoms with Crippen LogP contribution in [0.3, 0.4) is 0 Å². The molecule has 138 valence electrons. The van der Waals surface area contributed by atoms with Gasteiger partial charge in [0.05, 0.1) is 11.4 Å². The van der Waals surface area contributed by atoms with Crippen LogP contribution in [0.25, 0.3) is 0 Å². The van der Waals surface area contributed by atoms with Gasteiger partial charge in [0.1, 0.15) is 0 Å². The fraction of sp³-hybridized carbons (Fsp3) is 0.333. The number of hydrogen-bond donors (Lipinski definition) is 1. The number of pyridine rings is 1. The number of nitrogens with zero attached hydrogens (tertiary/aromatic N) is 3. The molecule has 0 aliphatic carbocycles. The summed E-state index contributed by atoms with van der Waals surface area (Å²) in [6.07, 6.45) is 3.23. The summed E-state index contributed by atoms with van der Waals surface area (Å²) in [4.78, 5) is 18.3. The SMILES string of the molecule is Cc1ccc(S(=O)(=O)N2CCN(CC(=O)Nc3ccncc3)CC2)cc1. The van der Waals surface area contributed by atoms with Crippen molar-refractivity contribution >= 4 is 21.6 Å². The lowest BCUT2D eigenvalue weighted by atomic mass is 10.2. The third-order valence-electron chi connectivity index (χ3n) is 4.32. The minimum atomic E-state index is -3.48. The molecule has 2 heterocycles. The zero-order valence-electron chi connectivity index (χ0n) is 14.6. The Morgan fingerprint density at radius 2 is 1.65 bits per heavy atom. The predicted octanol–water partition coefficient (Wildman–Crippen LogP) is 1.34. The number of rotatable bonds is 5. The Morgan fingerprint density at radius 3 is 2.27 bits per heavy atom. The van der Waals surface area contributed by atoms with E-state index in [0.717, 1.165) is 5.56 Å². The van der Waals surface area contributed by atoms with Crippen molar-refractivity contribution in [2.45, 2.75) is 11.8 Å². The third kappa shape index (κ3) is 4.46. The maximum atomic E-state index is 12.7. The van der Waals surface area contributed by atoms with Crippen LogP contribution in [-0.4, -0.2) is 61.2 Å². The van der Waals surface area contributed by atoms with Gasteiger partial charge in [0.25, 0.3) is 0 Å². The largest absolute Gasteiger partial charge is 0.325 e. The lowest BCUT2D eigenvalue weighted by Gasteiger charge is -2.33. The van der Waals surface area contributed by atoms with Gasteiger partial charge in [0.15, 0.2) is 0 Å². The number of amides is 1. The van der Waals surface area contributed by atoms with E-state index in [1.807, 2.05) is 11.8 Å². The van der Waals surface area contributed by atoms with Gasteiger partial charge in [-0.25, -0.2) is 8.42 Å². The Bertz CT molecular complexity index is 846. The first-order valence-corrected chi connectivity index (χ1v) is 9.88. The Labute approximate surface area is 153 Å². The molecule has 1 fully saturated rings. The number of nitrogens with one attached hydrogen (secondary N) is 1. The van der Waals surface area contributed by atoms with E-state index in [2.05, 4.69) is 10.3 Å². The summed E-state index contributed by atoms with van der Waals surface area (Å²) >= 11 is 0. The Morgan fingerprint density at radius 1 is 1.04 bits per heavy atom. The fourth-order valence-corrected chi connectivity index (χ4v) is 4.25. The minimum Gasteiger partial charge on any atom is -0.325 e. The van der Waals surface area contributed by atoms with Gasteiger partial charge in [-0.2, -0.15) is 4.31 Å². The van der Waals surface area contributed by atoms with Crippen LogP contribution in [0, 0.1) is 6.92 Å². The van der Waals surface area contributed by atoms with Gasteiger partial charge < -0.3 is 5.32 Å². The van der Waals surface area contributed by atoms with Crippen molar-refractivity contribution in [2.75, 3.05) is 38.0 Å². The number of aromatic nitrogens is 1. The van der Waals surface area contributed by atoms with Crippen molar-refractivity contribution < 1.29 is 13.2 Å². The van der Waals surface area contributed by atoms with Crippen LogP contribution in [0.4, 0.5) is 5.69 Å². The van der Waals surface area contributed by atoms with Crippen molar-refractivity contribution in [1.29, 1.82) is 0 Å². The van der Waals surface area contributed by atoms with E-state index < -0.39 is 10.0 Å². The van der Waals surface area contributed by atoms with Crippen molar-refractivity contribution in [3.05, 3.63) is 54.4 Å². The van der Waals surface area contributed by atoms with Gasteiger partial charge in [-0.15, -0.1) is 0 Å². The van der Waals surface area contributed by atoms with Gasteiger partial charge in [0, 0.05) is 44.3 Å². The van der Waals surface area contributed by atoms with E-state index in [0.29, 0.717) is 36.8 Å². The average Bonchev–Trinajstić information content (AvgIpc) is 2.63. The van der Waals surface area contributed by atoms with E-state index in [1.165, 1.54) is 4.31 Å². The van der Waals surface area contributed by atoms with Gasteiger partial charge in [-0.1, -0.05) is 17.7 Å². The summed E-state index contributed by atoms with van der Waals surface area (Å²) in [5.41, 5.74) is 1.72. The van der Waals surface area contributed by atoms with E-state index in [-0.39, 0.29) is 12.5 Å². The molecule has 7 nitrogen and oxygen atoms in total. The summed E-state index contributed by atoms with van der Waals surface area (Å²) in [5, 5.41) is 2.81. The van der Waals surface area contributed by atoms with Crippen LogP contribution < -0.4 is 5.32 Å². The summed E-state index contributed by atoms with van der Waals surface area (Å²) in [6.45, 7) is 3.95. The Kier molecular flexibility index (Phi) is 5.65. The second kappa shape index (κ2) is 7.94. The topological polar surface area (TPSA) is 82.6 Å². The molecule has 0 bridgehead atoms. The summed E-state index contributed by atoms with van der Waals surface area (Å²) < 4.78 is 26.9. The first-order chi connectivity index (χ1) is 12.4. The maximum Gasteiger partial charge on any atom is 0.243 e. The normalized spacial score (nSPS) is 16.3. The lowest BCUT2D eigenvalue weighted by Crippen LogP contribution is -2.50. The van der Waals surface area contributed by atoms with Crippen LogP contribution in [0.2, 0.25) is 0 Å².